The molecular weight excluding hydrogens is 320 g/mol. The van der Waals surface area contributed by atoms with Gasteiger partial charge in [-0.05, 0) is 30.0 Å². The summed E-state index contributed by atoms with van der Waals surface area (Å²) in [4.78, 5) is 13.6. The topological polar surface area (TPSA) is 48.7 Å². The molecule has 0 amide bonds. The molecule has 7 heteroatoms. The number of fused-ring (bicyclic) bond motifs is 1. The number of imidazole rings is 1. The van der Waals surface area contributed by atoms with Crippen LogP contribution in [0.1, 0.15) is 0 Å². The number of hydrogen-bond donors (Lipinski definition) is 1. The van der Waals surface area contributed by atoms with Gasteiger partial charge in [-0.1, -0.05) is 0 Å². The van der Waals surface area contributed by atoms with Crippen molar-refractivity contribution in [3.8, 4) is 0 Å². The molecule has 1 unspecified atom stereocenters. The van der Waals surface area contributed by atoms with Crippen LogP contribution in [0.25, 0.3) is 5.65 Å². The number of aromatic nitrogens is 3. The Hall–Kier alpha value is -1.18. The highest BCUT2D eigenvalue weighted by atomic mass is 79.9. The number of halogens is 1. The summed E-state index contributed by atoms with van der Waals surface area (Å²) in [7, 11) is 4.35. The molecule has 1 fully saturated rings. The molecule has 0 aliphatic carbocycles. The standard InChI is InChI=1S/C13H19BrN6/c1-18-5-6-19(2)10(8-18)7-16-12-13-15-3-4-20(13)9-11(14)17-12/h3-4,9-10H,5-8H2,1-2H3,(H,16,17). The summed E-state index contributed by atoms with van der Waals surface area (Å²) >= 11 is 3.44. The lowest BCUT2D eigenvalue weighted by Gasteiger charge is -2.37. The molecule has 108 valence electrons. The number of piperazine rings is 1. The molecule has 1 saturated heterocycles. The number of anilines is 1. The smallest absolute Gasteiger partial charge is 0.180 e. The van der Waals surface area contributed by atoms with Crippen molar-refractivity contribution in [2.24, 2.45) is 0 Å². The van der Waals surface area contributed by atoms with Gasteiger partial charge >= 0.3 is 0 Å². The molecular formula is C13H19BrN6. The minimum Gasteiger partial charge on any atom is -0.365 e. The Morgan fingerprint density at radius 1 is 1.40 bits per heavy atom. The zero-order valence-corrected chi connectivity index (χ0v) is 13.3. The van der Waals surface area contributed by atoms with Crippen LogP contribution < -0.4 is 5.32 Å². The highest BCUT2D eigenvalue weighted by Crippen LogP contribution is 2.17. The number of rotatable bonds is 3. The fourth-order valence-corrected chi connectivity index (χ4v) is 2.95. The van der Waals surface area contributed by atoms with Crippen LogP contribution in [0.3, 0.4) is 0 Å². The van der Waals surface area contributed by atoms with Crippen LogP contribution in [0, 0.1) is 0 Å². The molecule has 20 heavy (non-hydrogen) atoms. The van der Waals surface area contributed by atoms with Gasteiger partial charge < -0.3 is 14.6 Å². The maximum atomic E-state index is 4.49. The average Bonchev–Trinajstić information content (AvgIpc) is 2.87. The van der Waals surface area contributed by atoms with Gasteiger partial charge in [0.2, 0.25) is 0 Å². The summed E-state index contributed by atoms with van der Waals surface area (Å²) in [5.41, 5.74) is 0.861. The van der Waals surface area contributed by atoms with E-state index >= 15 is 0 Å². The predicted octanol–water partition coefficient (Wildman–Crippen LogP) is 1.15. The molecule has 1 atom stereocenters. The van der Waals surface area contributed by atoms with Crippen LogP contribution >= 0.6 is 15.9 Å². The molecule has 1 aliphatic rings. The first-order valence-corrected chi connectivity index (χ1v) is 7.54. The monoisotopic (exact) mass is 338 g/mol. The van der Waals surface area contributed by atoms with Crippen LogP contribution in [-0.2, 0) is 0 Å². The molecule has 1 aliphatic heterocycles. The maximum absolute atomic E-state index is 4.49. The molecule has 1 N–H and O–H groups in total. The summed E-state index contributed by atoms with van der Waals surface area (Å²) in [6, 6.07) is 0.490. The van der Waals surface area contributed by atoms with E-state index in [2.05, 4.69) is 55.1 Å². The predicted molar refractivity (Wildman–Crippen MR) is 83.1 cm³/mol. The zero-order valence-electron chi connectivity index (χ0n) is 11.8. The molecule has 0 radical (unpaired) electrons. The maximum Gasteiger partial charge on any atom is 0.180 e. The van der Waals surface area contributed by atoms with Crippen LogP contribution in [0.5, 0.6) is 0 Å². The first-order valence-electron chi connectivity index (χ1n) is 6.75. The number of likely N-dealkylation sites (N-methyl/N-ethyl adjacent to an activating group) is 2. The van der Waals surface area contributed by atoms with Crippen molar-refractivity contribution in [3.05, 3.63) is 23.2 Å². The van der Waals surface area contributed by atoms with E-state index in [-0.39, 0.29) is 0 Å². The second kappa shape index (κ2) is 5.67. The van der Waals surface area contributed by atoms with E-state index in [1.54, 1.807) is 6.20 Å². The lowest BCUT2D eigenvalue weighted by molar-refractivity contribution is 0.122. The van der Waals surface area contributed by atoms with Gasteiger partial charge in [-0.2, -0.15) is 0 Å². The SMILES string of the molecule is CN1CCN(C)C(CNc2nc(Br)cn3ccnc23)C1. The van der Waals surface area contributed by atoms with Crippen LogP contribution in [0.15, 0.2) is 23.2 Å². The van der Waals surface area contributed by atoms with Gasteiger partial charge in [0.25, 0.3) is 0 Å². The highest BCUT2D eigenvalue weighted by Gasteiger charge is 2.22. The molecule has 0 aromatic carbocycles. The first-order chi connectivity index (χ1) is 9.63. The van der Waals surface area contributed by atoms with E-state index in [4.69, 9.17) is 0 Å². The van der Waals surface area contributed by atoms with Crippen molar-refractivity contribution < 1.29 is 0 Å². The number of hydrogen-bond acceptors (Lipinski definition) is 5. The van der Waals surface area contributed by atoms with E-state index < -0.39 is 0 Å². The summed E-state index contributed by atoms with van der Waals surface area (Å²) in [6.07, 6.45) is 5.62. The quantitative estimate of drug-likeness (QED) is 0.909. The first kappa shape index (κ1) is 13.8. The van der Waals surface area contributed by atoms with Gasteiger partial charge in [0.1, 0.15) is 4.60 Å². The van der Waals surface area contributed by atoms with E-state index in [0.29, 0.717) is 6.04 Å². The van der Waals surface area contributed by atoms with Gasteiger partial charge in [0, 0.05) is 50.8 Å². The molecule has 0 spiro atoms. The Morgan fingerprint density at radius 3 is 3.10 bits per heavy atom. The fourth-order valence-electron chi connectivity index (χ4n) is 2.56. The van der Waals surface area contributed by atoms with Crippen molar-refractivity contribution >= 4 is 27.4 Å². The van der Waals surface area contributed by atoms with E-state index in [1.165, 1.54) is 0 Å². The van der Waals surface area contributed by atoms with Crippen LogP contribution in [0.2, 0.25) is 0 Å². The molecule has 0 bridgehead atoms. The van der Waals surface area contributed by atoms with Gasteiger partial charge in [-0.3, -0.25) is 4.90 Å². The van der Waals surface area contributed by atoms with Gasteiger partial charge in [-0.15, -0.1) is 0 Å². The van der Waals surface area contributed by atoms with Crippen molar-refractivity contribution in [2.75, 3.05) is 45.6 Å². The second-order valence-corrected chi connectivity index (χ2v) is 6.16. The fraction of sp³-hybridized carbons (Fsp3) is 0.538. The van der Waals surface area contributed by atoms with Gasteiger partial charge in [-0.25, -0.2) is 9.97 Å². The molecule has 3 heterocycles. The lowest BCUT2D eigenvalue weighted by atomic mass is 10.2. The lowest BCUT2D eigenvalue weighted by Crippen LogP contribution is -2.52. The second-order valence-electron chi connectivity index (χ2n) is 5.35. The third kappa shape index (κ3) is 2.79. The third-order valence-electron chi connectivity index (χ3n) is 3.83. The van der Waals surface area contributed by atoms with Crippen molar-refractivity contribution in [1.82, 2.24) is 24.2 Å². The number of nitrogens with zero attached hydrogens (tertiary/aromatic N) is 5. The van der Waals surface area contributed by atoms with E-state index in [1.807, 2.05) is 16.8 Å². The van der Waals surface area contributed by atoms with E-state index in [9.17, 15) is 0 Å². The van der Waals surface area contributed by atoms with Gasteiger partial charge in [0.15, 0.2) is 11.5 Å². The summed E-state index contributed by atoms with van der Waals surface area (Å²) in [6.45, 7) is 4.18. The molecule has 0 saturated carbocycles. The van der Waals surface area contributed by atoms with Crippen molar-refractivity contribution in [1.29, 1.82) is 0 Å². The van der Waals surface area contributed by atoms with Crippen molar-refractivity contribution in [3.63, 3.8) is 0 Å². The summed E-state index contributed by atoms with van der Waals surface area (Å²) < 4.78 is 2.77. The summed E-state index contributed by atoms with van der Waals surface area (Å²) in [5, 5.41) is 3.44. The Morgan fingerprint density at radius 2 is 2.25 bits per heavy atom. The largest absolute Gasteiger partial charge is 0.365 e. The zero-order chi connectivity index (χ0) is 14.1. The minimum absolute atomic E-state index is 0.490. The highest BCUT2D eigenvalue weighted by molar-refractivity contribution is 9.10. The van der Waals surface area contributed by atoms with E-state index in [0.717, 1.165) is 42.2 Å². The van der Waals surface area contributed by atoms with Gasteiger partial charge in [0.05, 0.1) is 0 Å². The Bertz CT molecular complexity index is 598. The third-order valence-corrected chi connectivity index (χ3v) is 4.21. The Balaban J connectivity index is 1.74. The van der Waals surface area contributed by atoms with Crippen LogP contribution in [-0.4, -0.2) is 70.5 Å². The average molecular weight is 339 g/mol. The Kier molecular flexibility index (Phi) is 3.91. The molecule has 2 aromatic rings. The van der Waals surface area contributed by atoms with Crippen LogP contribution in [0.4, 0.5) is 5.82 Å². The molecule has 6 nitrogen and oxygen atoms in total. The molecule has 2 aromatic heterocycles. The normalized spacial score (nSPS) is 21.4. The number of nitrogens with one attached hydrogen (secondary N) is 1. The Labute approximate surface area is 126 Å². The molecule has 3 rings (SSSR count). The summed E-state index contributed by atoms with van der Waals surface area (Å²) in [5.74, 6) is 0.825. The van der Waals surface area contributed by atoms with Crippen molar-refractivity contribution in [2.45, 2.75) is 6.04 Å². The minimum atomic E-state index is 0.490.